The first-order valence-electron chi connectivity index (χ1n) is 21.3. The molecule has 9 rings (SSSR count). The van der Waals surface area contributed by atoms with Crippen LogP contribution in [0, 0.1) is 19.8 Å². The molecular formula is C47H57N9O2. The fourth-order valence-electron chi connectivity index (χ4n) is 10.0. The number of carbonyl (C=O) groups is 1. The van der Waals surface area contributed by atoms with Crippen molar-refractivity contribution >= 4 is 34.0 Å². The first-order chi connectivity index (χ1) is 28.3. The molecule has 1 atom stereocenters. The van der Waals surface area contributed by atoms with Crippen molar-refractivity contribution in [1.82, 2.24) is 29.9 Å². The van der Waals surface area contributed by atoms with Gasteiger partial charge in [-0.25, -0.2) is 0 Å². The molecule has 0 unspecified atom stereocenters. The van der Waals surface area contributed by atoms with E-state index in [0.717, 1.165) is 102 Å². The lowest BCUT2D eigenvalue weighted by atomic mass is 9.86. The Morgan fingerprint density at radius 1 is 0.879 bits per heavy atom. The Balaban J connectivity index is 0.768. The molecule has 0 radical (unpaired) electrons. The number of nitrogens with zero attached hydrogens (tertiary/aromatic N) is 7. The maximum atomic E-state index is 13.8. The van der Waals surface area contributed by atoms with Gasteiger partial charge in [-0.3, -0.25) is 10.1 Å². The summed E-state index contributed by atoms with van der Waals surface area (Å²) >= 11 is 0. The molecule has 11 nitrogen and oxygen atoms in total. The van der Waals surface area contributed by atoms with Crippen LogP contribution in [0.25, 0.3) is 22.2 Å². The molecule has 0 saturated carbocycles. The SMILES string of the molecule is Cc1cc(C(=O)N2CCC(CN3CCC(n4ccc5cc(N6C=CCNC6)c(C)cc54)CC3)CC2)ccc1[C@H]1CCCN(c2cc(-c3ccccc3O)nnc2N)C1. The highest BCUT2D eigenvalue weighted by Gasteiger charge is 2.30. The van der Waals surface area contributed by atoms with Crippen LogP contribution in [0.3, 0.4) is 0 Å². The molecule has 3 aromatic carbocycles. The maximum absolute atomic E-state index is 13.8. The normalized spacial score (nSPS) is 20.0. The minimum atomic E-state index is 0.150. The maximum Gasteiger partial charge on any atom is 0.253 e. The van der Waals surface area contributed by atoms with E-state index in [1.54, 1.807) is 12.1 Å². The number of fused-ring (bicyclic) bond motifs is 1. The monoisotopic (exact) mass is 779 g/mol. The van der Waals surface area contributed by atoms with Crippen LogP contribution in [-0.4, -0.2) is 94.6 Å². The number of aromatic hydroxyl groups is 1. The number of aryl methyl sites for hydroxylation is 2. The van der Waals surface area contributed by atoms with Gasteiger partial charge in [0.15, 0.2) is 5.82 Å². The average Bonchev–Trinajstić information content (AvgIpc) is 3.67. The zero-order chi connectivity index (χ0) is 39.8. The summed E-state index contributed by atoms with van der Waals surface area (Å²) in [6, 6.07) is 23.0. The third-order valence-corrected chi connectivity index (χ3v) is 13.2. The summed E-state index contributed by atoms with van der Waals surface area (Å²) in [6.45, 7) is 12.8. The molecule has 3 saturated heterocycles. The Labute approximate surface area is 342 Å². The van der Waals surface area contributed by atoms with E-state index in [2.05, 4.69) is 102 Å². The molecule has 5 aromatic rings. The minimum Gasteiger partial charge on any atom is -0.507 e. The number of para-hydroxylation sites is 1. The number of nitrogens with two attached hydrogens (primary N) is 1. The second kappa shape index (κ2) is 16.5. The summed E-state index contributed by atoms with van der Waals surface area (Å²) in [4.78, 5) is 23.1. The quantitative estimate of drug-likeness (QED) is 0.148. The number of hydrogen-bond acceptors (Lipinski definition) is 9. The van der Waals surface area contributed by atoms with Crippen LogP contribution in [0.15, 0.2) is 85.2 Å². The number of carbonyl (C=O) groups excluding carboxylic acids is 1. The Morgan fingerprint density at radius 2 is 1.71 bits per heavy atom. The van der Waals surface area contributed by atoms with Crippen LogP contribution < -0.4 is 20.9 Å². The van der Waals surface area contributed by atoms with Crippen molar-refractivity contribution in [2.45, 2.75) is 64.3 Å². The van der Waals surface area contributed by atoms with E-state index < -0.39 is 0 Å². The van der Waals surface area contributed by atoms with Gasteiger partial charge in [0.05, 0.1) is 18.1 Å². The van der Waals surface area contributed by atoms with E-state index in [4.69, 9.17) is 5.73 Å². The summed E-state index contributed by atoms with van der Waals surface area (Å²) < 4.78 is 2.53. The van der Waals surface area contributed by atoms with Crippen LogP contribution in [0.4, 0.5) is 17.2 Å². The smallest absolute Gasteiger partial charge is 0.253 e. The Bertz CT molecular complexity index is 2300. The van der Waals surface area contributed by atoms with Gasteiger partial charge in [0.25, 0.3) is 5.91 Å². The lowest BCUT2D eigenvalue weighted by molar-refractivity contribution is 0.0653. The highest BCUT2D eigenvalue weighted by atomic mass is 16.3. The molecule has 0 bridgehead atoms. The molecule has 1 amide bonds. The fourth-order valence-corrected chi connectivity index (χ4v) is 10.0. The number of piperidine rings is 3. The fraction of sp³-hybridized carbons (Fsp3) is 0.426. The van der Waals surface area contributed by atoms with Crippen LogP contribution in [-0.2, 0) is 0 Å². The summed E-state index contributed by atoms with van der Waals surface area (Å²) in [6.07, 6.45) is 13.2. The van der Waals surface area contributed by atoms with E-state index in [-0.39, 0.29) is 11.7 Å². The Kier molecular flexibility index (Phi) is 10.8. The number of nitrogen functional groups attached to an aromatic ring is 1. The third kappa shape index (κ3) is 7.77. The van der Waals surface area contributed by atoms with Gasteiger partial charge in [-0.05, 0) is 124 Å². The van der Waals surface area contributed by atoms with Crippen LogP contribution in [0.1, 0.15) is 77.5 Å². The summed E-state index contributed by atoms with van der Waals surface area (Å²) in [5.74, 6) is 1.64. The number of hydrogen-bond donors (Lipinski definition) is 3. The second-order valence-electron chi connectivity index (χ2n) is 17.0. The third-order valence-electron chi connectivity index (χ3n) is 13.2. The first kappa shape index (κ1) is 38.1. The molecular weight excluding hydrogens is 723 g/mol. The van der Waals surface area contributed by atoms with E-state index >= 15 is 0 Å². The summed E-state index contributed by atoms with van der Waals surface area (Å²) in [5.41, 5.74) is 15.6. The lowest BCUT2D eigenvalue weighted by Crippen LogP contribution is -2.43. The molecule has 2 aromatic heterocycles. The number of amides is 1. The summed E-state index contributed by atoms with van der Waals surface area (Å²) in [7, 11) is 0. The molecule has 11 heteroatoms. The number of anilines is 3. The van der Waals surface area contributed by atoms with Crippen molar-refractivity contribution in [1.29, 1.82) is 0 Å². The van der Waals surface area contributed by atoms with Crippen molar-refractivity contribution in [2.75, 3.05) is 74.6 Å². The zero-order valence-electron chi connectivity index (χ0n) is 34.0. The van der Waals surface area contributed by atoms with E-state index in [9.17, 15) is 9.90 Å². The average molecular weight is 780 g/mol. The summed E-state index contributed by atoms with van der Waals surface area (Å²) in [5, 5.41) is 23.7. The van der Waals surface area contributed by atoms with Crippen molar-refractivity contribution in [3.05, 3.63) is 107 Å². The first-order valence-corrected chi connectivity index (χ1v) is 21.3. The molecule has 0 spiro atoms. The van der Waals surface area contributed by atoms with Gasteiger partial charge >= 0.3 is 0 Å². The van der Waals surface area contributed by atoms with Gasteiger partial charge in [0, 0.05) is 104 Å². The minimum absolute atomic E-state index is 0.150. The number of nitrogens with one attached hydrogen (secondary N) is 1. The Hall–Kier alpha value is -5.39. The van der Waals surface area contributed by atoms with Gasteiger partial charge < -0.3 is 35.0 Å². The van der Waals surface area contributed by atoms with Crippen molar-refractivity contribution in [3.63, 3.8) is 0 Å². The van der Waals surface area contributed by atoms with Crippen molar-refractivity contribution < 1.29 is 9.90 Å². The Morgan fingerprint density at radius 3 is 2.48 bits per heavy atom. The van der Waals surface area contributed by atoms with Crippen molar-refractivity contribution in [2.24, 2.45) is 5.92 Å². The predicted octanol–water partition coefficient (Wildman–Crippen LogP) is 7.46. The number of aromatic nitrogens is 3. The lowest BCUT2D eigenvalue weighted by Gasteiger charge is -2.38. The molecule has 4 aliphatic rings. The second-order valence-corrected chi connectivity index (χ2v) is 17.0. The standard InChI is InChI=1S/C47H57N9O2/c1-32-25-36(10-11-39(32)37-7-5-18-54(30-37)44-28-41(50-51-46(44)48)40-8-3-4-9-45(40)57)47(58)53-22-12-34(13-23-53)29-52-20-15-38(16-21-52)56-24-14-35-27-42(33(2)26-43(35)56)55-19-6-17-49-31-55/h3-4,6,8-11,14,19,24-28,34,37-38,49,57H,5,7,12-13,15-18,20-23,29-31H2,1-2H3,(H2,48,51)/t37-/m0/s1. The molecule has 58 heavy (non-hydrogen) atoms. The number of benzene rings is 3. The van der Waals surface area contributed by atoms with E-state index in [0.29, 0.717) is 35.0 Å². The number of phenols is 1. The topological polar surface area (TPSA) is 119 Å². The zero-order valence-corrected chi connectivity index (χ0v) is 34.0. The van der Waals surface area contributed by atoms with Gasteiger partial charge in [0.2, 0.25) is 0 Å². The van der Waals surface area contributed by atoms with Crippen molar-refractivity contribution in [3.8, 4) is 17.0 Å². The number of phenolic OH excluding ortho intramolecular Hbond substituents is 1. The van der Waals surface area contributed by atoms with Gasteiger partial charge in [-0.1, -0.05) is 24.3 Å². The number of likely N-dealkylation sites (tertiary alicyclic amines) is 2. The molecule has 302 valence electrons. The molecule has 6 heterocycles. The largest absolute Gasteiger partial charge is 0.507 e. The predicted molar refractivity (Wildman–Crippen MR) is 233 cm³/mol. The van der Waals surface area contributed by atoms with Crippen LogP contribution >= 0.6 is 0 Å². The highest BCUT2D eigenvalue weighted by molar-refractivity contribution is 5.94. The van der Waals surface area contributed by atoms with E-state index in [1.165, 1.54) is 40.6 Å². The van der Waals surface area contributed by atoms with Gasteiger partial charge in [0.1, 0.15) is 5.75 Å². The van der Waals surface area contributed by atoms with Gasteiger partial charge in [-0.2, -0.15) is 0 Å². The van der Waals surface area contributed by atoms with Crippen LogP contribution in [0.5, 0.6) is 5.75 Å². The molecule has 4 aliphatic heterocycles. The molecule has 0 aliphatic carbocycles. The van der Waals surface area contributed by atoms with Gasteiger partial charge in [-0.15, -0.1) is 10.2 Å². The highest BCUT2D eigenvalue weighted by Crippen LogP contribution is 2.37. The van der Waals surface area contributed by atoms with Crippen LogP contribution in [0.2, 0.25) is 0 Å². The van der Waals surface area contributed by atoms with E-state index in [1.807, 2.05) is 24.3 Å². The molecule has 4 N–H and O–H groups in total. The number of rotatable bonds is 8. The molecule has 3 fully saturated rings.